The molecule has 0 radical (unpaired) electrons. The maximum atomic E-state index is 10.7. The van der Waals surface area contributed by atoms with E-state index in [2.05, 4.69) is 9.97 Å². The van der Waals surface area contributed by atoms with E-state index >= 15 is 0 Å². The van der Waals surface area contributed by atoms with Gasteiger partial charge in [-0.1, -0.05) is 0 Å². The van der Waals surface area contributed by atoms with Crippen LogP contribution in [0.1, 0.15) is 28.9 Å². The van der Waals surface area contributed by atoms with Crippen molar-refractivity contribution in [3.63, 3.8) is 0 Å². The summed E-state index contributed by atoms with van der Waals surface area (Å²) in [6, 6.07) is 0. The van der Waals surface area contributed by atoms with Gasteiger partial charge in [-0.05, 0) is 13.8 Å². The first kappa shape index (κ1) is 9.73. The average molecular weight is 184 g/mol. The summed E-state index contributed by atoms with van der Waals surface area (Å²) in [4.78, 5) is 17.3. The molecule has 1 aromatic rings. The second kappa shape index (κ2) is 3.57. The van der Waals surface area contributed by atoms with Gasteiger partial charge in [-0.15, -0.1) is 0 Å². The third-order valence-electron chi connectivity index (χ3n) is 1.60. The van der Waals surface area contributed by atoms with E-state index in [1.165, 1.54) is 0 Å². The zero-order valence-corrected chi connectivity index (χ0v) is 7.53. The van der Waals surface area contributed by atoms with Crippen molar-refractivity contribution in [2.75, 3.05) is 0 Å². The number of hydrogen-bond donors (Lipinski definition) is 3. The van der Waals surface area contributed by atoms with E-state index in [9.17, 15) is 4.79 Å². The van der Waals surface area contributed by atoms with Gasteiger partial charge in [0.15, 0.2) is 5.69 Å². The summed E-state index contributed by atoms with van der Waals surface area (Å²) >= 11 is 0. The van der Waals surface area contributed by atoms with E-state index in [-0.39, 0.29) is 12.1 Å². The molecule has 0 aliphatic rings. The van der Waals surface area contributed by atoms with Crippen LogP contribution >= 0.6 is 0 Å². The number of aromatic carboxylic acids is 1. The number of nitrogens with one attached hydrogen (secondary N) is 1. The molecule has 0 aliphatic heterocycles. The van der Waals surface area contributed by atoms with Gasteiger partial charge in [-0.2, -0.15) is 0 Å². The summed E-state index contributed by atoms with van der Waals surface area (Å²) < 4.78 is 0. The highest BCUT2D eigenvalue weighted by atomic mass is 16.4. The minimum absolute atomic E-state index is 0.00148. The number of aliphatic hydroxyl groups excluding tert-OH is 1. The first-order valence-corrected chi connectivity index (χ1v) is 3.97. The van der Waals surface area contributed by atoms with Crippen LogP contribution in [0.3, 0.4) is 0 Å². The summed E-state index contributed by atoms with van der Waals surface area (Å²) in [7, 11) is 0. The van der Waals surface area contributed by atoms with Crippen molar-refractivity contribution < 1.29 is 15.0 Å². The molecular weight excluding hydrogens is 172 g/mol. The molecule has 13 heavy (non-hydrogen) atoms. The number of imidazole rings is 1. The Labute approximate surface area is 75.4 Å². The number of rotatable bonds is 3. The lowest BCUT2D eigenvalue weighted by molar-refractivity contribution is 0.0689. The maximum Gasteiger partial charge on any atom is 0.356 e. The molecule has 0 bridgehead atoms. The SMILES string of the molecule is Cc1nc(C(=O)O)c(C[C@H](C)O)[nH]1. The minimum atomic E-state index is -1.07. The van der Waals surface area contributed by atoms with Crippen LogP contribution in [-0.4, -0.2) is 32.3 Å². The van der Waals surface area contributed by atoms with Crippen LogP contribution in [0.4, 0.5) is 0 Å². The Morgan fingerprint density at radius 1 is 1.69 bits per heavy atom. The van der Waals surface area contributed by atoms with Gasteiger partial charge >= 0.3 is 5.97 Å². The van der Waals surface area contributed by atoms with Crippen molar-refractivity contribution in [1.82, 2.24) is 9.97 Å². The van der Waals surface area contributed by atoms with Crippen molar-refractivity contribution in [3.05, 3.63) is 17.2 Å². The number of carboxylic acid groups (broad SMARTS) is 1. The molecule has 0 aromatic carbocycles. The summed E-state index contributed by atoms with van der Waals surface area (Å²) in [5, 5.41) is 17.8. The van der Waals surface area contributed by atoms with Crippen molar-refractivity contribution >= 4 is 5.97 Å². The summed E-state index contributed by atoms with van der Waals surface area (Å²) in [5.74, 6) is -0.520. The summed E-state index contributed by atoms with van der Waals surface area (Å²) in [6.45, 7) is 3.28. The second-order valence-electron chi connectivity index (χ2n) is 3.01. The van der Waals surface area contributed by atoms with Crippen LogP contribution in [0.2, 0.25) is 0 Å². The lowest BCUT2D eigenvalue weighted by atomic mass is 10.2. The van der Waals surface area contributed by atoms with E-state index in [1.54, 1.807) is 13.8 Å². The molecule has 3 N–H and O–H groups in total. The normalized spacial score (nSPS) is 12.8. The lowest BCUT2D eigenvalue weighted by Crippen LogP contribution is -2.09. The summed E-state index contributed by atoms with van der Waals surface area (Å²) in [5.41, 5.74) is 0.471. The van der Waals surface area contributed by atoms with E-state index in [0.717, 1.165) is 0 Å². The third-order valence-corrected chi connectivity index (χ3v) is 1.60. The van der Waals surface area contributed by atoms with Crippen LogP contribution in [0.15, 0.2) is 0 Å². The Kier molecular flexibility index (Phi) is 2.67. The average Bonchev–Trinajstić information content (AvgIpc) is 2.29. The molecule has 0 unspecified atom stereocenters. The van der Waals surface area contributed by atoms with Gasteiger partial charge in [-0.3, -0.25) is 0 Å². The van der Waals surface area contributed by atoms with Gasteiger partial charge in [0.05, 0.1) is 11.8 Å². The second-order valence-corrected chi connectivity index (χ2v) is 3.01. The van der Waals surface area contributed by atoms with E-state index in [1.807, 2.05) is 0 Å². The number of carboxylic acids is 1. The molecule has 72 valence electrons. The fraction of sp³-hybridized carbons (Fsp3) is 0.500. The molecule has 1 heterocycles. The molecule has 5 nitrogen and oxygen atoms in total. The predicted octanol–water partition coefficient (Wildman–Crippen LogP) is 0.340. The smallest absolute Gasteiger partial charge is 0.356 e. The van der Waals surface area contributed by atoms with Crippen LogP contribution in [-0.2, 0) is 6.42 Å². The molecular formula is C8H12N2O3. The molecule has 1 aromatic heterocycles. The maximum absolute atomic E-state index is 10.7. The van der Waals surface area contributed by atoms with Gasteiger partial charge in [0, 0.05) is 6.42 Å². The Hall–Kier alpha value is -1.36. The molecule has 0 spiro atoms. The highest BCUT2D eigenvalue weighted by Crippen LogP contribution is 2.08. The first-order valence-electron chi connectivity index (χ1n) is 3.97. The van der Waals surface area contributed by atoms with E-state index < -0.39 is 12.1 Å². The number of aromatic amines is 1. The van der Waals surface area contributed by atoms with Crippen LogP contribution in [0.5, 0.6) is 0 Å². The number of aryl methyl sites for hydroxylation is 1. The predicted molar refractivity (Wildman–Crippen MR) is 45.7 cm³/mol. The monoisotopic (exact) mass is 184 g/mol. The van der Waals surface area contributed by atoms with Gasteiger partial charge in [0.2, 0.25) is 0 Å². The van der Waals surface area contributed by atoms with E-state index in [0.29, 0.717) is 11.5 Å². The molecule has 0 saturated heterocycles. The number of aliphatic hydroxyl groups is 1. The topological polar surface area (TPSA) is 86.2 Å². The number of carbonyl (C=O) groups is 1. The minimum Gasteiger partial charge on any atom is -0.476 e. The van der Waals surface area contributed by atoms with Crippen molar-refractivity contribution in [2.24, 2.45) is 0 Å². The Balaban J connectivity index is 2.97. The van der Waals surface area contributed by atoms with Gasteiger partial charge in [0.1, 0.15) is 5.82 Å². The van der Waals surface area contributed by atoms with Gasteiger partial charge in [-0.25, -0.2) is 9.78 Å². The standard InChI is InChI=1S/C8H12N2O3/c1-4(11)3-6-7(8(12)13)10-5(2)9-6/h4,11H,3H2,1-2H3,(H,9,10)(H,12,13)/t4-/m0/s1. The third kappa shape index (κ3) is 2.29. The molecule has 5 heteroatoms. The molecule has 0 fully saturated rings. The van der Waals surface area contributed by atoms with Gasteiger partial charge < -0.3 is 15.2 Å². The fourth-order valence-electron chi connectivity index (χ4n) is 1.16. The quantitative estimate of drug-likeness (QED) is 0.632. The lowest BCUT2D eigenvalue weighted by Gasteiger charge is -2.01. The van der Waals surface area contributed by atoms with Gasteiger partial charge in [0.25, 0.3) is 0 Å². The van der Waals surface area contributed by atoms with Crippen LogP contribution < -0.4 is 0 Å². The molecule has 0 amide bonds. The van der Waals surface area contributed by atoms with Crippen molar-refractivity contribution in [3.8, 4) is 0 Å². The van der Waals surface area contributed by atoms with Crippen LogP contribution in [0.25, 0.3) is 0 Å². The molecule has 0 saturated carbocycles. The van der Waals surface area contributed by atoms with Crippen molar-refractivity contribution in [1.29, 1.82) is 0 Å². The van der Waals surface area contributed by atoms with E-state index in [4.69, 9.17) is 10.2 Å². The zero-order valence-electron chi connectivity index (χ0n) is 7.53. The Morgan fingerprint density at radius 3 is 2.77 bits per heavy atom. The highest BCUT2D eigenvalue weighted by Gasteiger charge is 2.15. The largest absolute Gasteiger partial charge is 0.476 e. The zero-order chi connectivity index (χ0) is 10.0. The first-order chi connectivity index (χ1) is 6.00. The van der Waals surface area contributed by atoms with Crippen LogP contribution in [0, 0.1) is 6.92 Å². The molecule has 1 rings (SSSR count). The fourth-order valence-corrected chi connectivity index (χ4v) is 1.16. The summed E-state index contributed by atoms with van der Waals surface area (Å²) in [6.07, 6.45) is -0.291. The molecule has 0 aliphatic carbocycles. The number of nitrogens with zero attached hydrogens (tertiary/aromatic N) is 1. The number of aromatic nitrogens is 2. The Bertz CT molecular complexity index is 317. The Morgan fingerprint density at radius 2 is 2.31 bits per heavy atom. The number of hydrogen-bond acceptors (Lipinski definition) is 3. The van der Waals surface area contributed by atoms with Crippen molar-refractivity contribution in [2.45, 2.75) is 26.4 Å². The number of H-pyrrole nitrogens is 1. The molecule has 1 atom stereocenters. The highest BCUT2D eigenvalue weighted by molar-refractivity contribution is 5.86.